The molecular formula is C12H14Cl2N2O3. The number of carboxylic acids is 1. The maximum Gasteiger partial charge on any atom is 0.326 e. The van der Waals surface area contributed by atoms with Crippen LogP contribution < -0.4 is 5.32 Å². The van der Waals surface area contributed by atoms with Crippen LogP contribution in [0.5, 0.6) is 0 Å². The monoisotopic (exact) mass is 304 g/mol. The van der Waals surface area contributed by atoms with Gasteiger partial charge in [0.15, 0.2) is 0 Å². The van der Waals surface area contributed by atoms with Gasteiger partial charge in [-0.25, -0.2) is 9.78 Å². The predicted molar refractivity (Wildman–Crippen MR) is 72.6 cm³/mol. The first-order chi connectivity index (χ1) is 8.81. The van der Waals surface area contributed by atoms with E-state index in [0.717, 1.165) is 0 Å². The van der Waals surface area contributed by atoms with Crippen molar-refractivity contribution in [1.29, 1.82) is 0 Å². The van der Waals surface area contributed by atoms with Crippen molar-refractivity contribution >= 4 is 35.1 Å². The Morgan fingerprint density at radius 3 is 2.47 bits per heavy atom. The number of carboxylic acid groups (broad SMARTS) is 1. The van der Waals surface area contributed by atoms with E-state index in [1.165, 1.54) is 12.1 Å². The second kappa shape index (κ2) is 6.73. The molecule has 0 aromatic carbocycles. The third-order valence-electron chi connectivity index (χ3n) is 2.37. The molecule has 0 saturated carbocycles. The molecule has 0 spiro atoms. The van der Waals surface area contributed by atoms with E-state index in [-0.39, 0.29) is 21.8 Å². The van der Waals surface area contributed by atoms with Gasteiger partial charge in [0.05, 0.1) is 5.56 Å². The number of aliphatic carboxylic acids is 1. The van der Waals surface area contributed by atoms with Crippen molar-refractivity contribution in [3.8, 4) is 0 Å². The SMILES string of the molecule is CC(C)C[C@H](NC(=O)c1ccc(Cl)nc1Cl)C(=O)O. The van der Waals surface area contributed by atoms with Crippen LogP contribution in [0.3, 0.4) is 0 Å². The molecule has 1 aromatic heterocycles. The largest absolute Gasteiger partial charge is 0.480 e. The molecular weight excluding hydrogens is 291 g/mol. The lowest BCUT2D eigenvalue weighted by molar-refractivity contribution is -0.139. The molecule has 0 bridgehead atoms. The smallest absolute Gasteiger partial charge is 0.326 e. The second-order valence-electron chi connectivity index (χ2n) is 4.47. The first kappa shape index (κ1) is 15.7. The number of halogens is 2. The van der Waals surface area contributed by atoms with Gasteiger partial charge in [0, 0.05) is 0 Å². The van der Waals surface area contributed by atoms with Crippen LogP contribution in [-0.2, 0) is 4.79 Å². The number of pyridine rings is 1. The van der Waals surface area contributed by atoms with Gasteiger partial charge in [-0.3, -0.25) is 4.79 Å². The lowest BCUT2D eigenvalue weighted by Gasteiger charge is -2.16. The van der Waals surface area contributed by atoms with E-state index in [9.17, 15) is 9.59 Å². The molecule has 0 aliphatic heterocycles. The van der Waals surface area contributed by atoms with Gasteiger partial charge in [0.1, 0.15) is 16.3 Å². The minimum absolute atomic E-state index is 0.0568. The van der Waals surface area contributed by atoms with Gasteiger partial charge in [-0.15, -0.1) is 0 Å². The number of rotatable bonds is 5. The molecule has 7 heteroatoms. The zero-order chi connectivity index (χ0) is 14.6. The molecule has 5 nitrogen and oxygen atoms in total. The molecule has 0 radical (unpaired) electrons. The normalized spacial score (nSPS) is 12.3. The number of nitrogens with one attached hydrogen (secondary N) is 1. The Balaban J connectivity index is 2.84. The van der Waals surface area contributed by atoms with Crippen molar-refractivity contribution in [2.45, 2.75) is 26.3 Å². The summed E-state index contributed by atoms with van der Waals surface area (Å²) in [5, 5.41) is 11.6. The van der Waals surface area contributed by atoms with Gasteiger partial charge >= 0.3 is 5.97 Å². The summed E-state index contributed by atoms with van der Waals surface area (Å²) in [7, 11) is 0. The lowest BCUT2D eigenvalue weighted by atomic mass is 10.0. The molecule has 1 aromatic rings. The van der Waals surface area contributed by atoms with Crippen LogP contribution in [0.15, 0.2) is 12.1 Å². The highest BCUT2D eigenvalue weighted by Gasteiger charge is 2.23. The summed E-state index contributed by atoms with van der Waals surface area (Å²) in [5.74, 6) is -1.53. The number of hydrogen-bond acceptors (Lipinski definition) is 3. The number of aromatic nitrogens is 1. The maximum atomic E-state index is 11.9. The zero-order valence-electron chi connectivity index (χ0n) is 10.5. The maximum absolute atomic E-state index is 11.9. The van der Waals surface area contributed by atoms with E-state index in [4.69, 9.17) is 28.3 Å². The van der Waals surface area contributed by atoms with Crippen molar-refractivity contribution < 1.29 is 14.7 Å². The van der Waals surface area contributed by atoms with E-state index >= 15 is 0 Å². The lowest BCUT2D eigenvalue weighted by Crippen LogP contribution is -2.41. The number of carbonyl (C=O) groups excluding carboxylic acids is 1. The minimum atomic E-state index is -1.08. The Hall–Kier alpha value is -1.33. The molecule has 0 unspecified atom stereocenters. The third-order valence-corrected chi connectivity index (χ3v) is 2.87. The number of hydrogen-bond donors (Lipinski definition) is 2. The molecule has 1 heterocycles. The van der Waals surface area contributed by atoms with Crippen molar-refractivity contribution in [3.63, 3.8) is 0 Å². The quantitative estimate of drug-likeness (QED) is 0.820. The average Bonchev–Trinajstić information content (AvgIpc) is 2.26. The van der Waals surface area contributed by atoms with Crippen LogP contribution >= 0.6 is 23.2 Å². The first-order valence-electron chi connectivity index (χ1n) is 5.67. The summed E-state index contributed by atoms with van der Waals surface area (Å²) in [6.45, 7) is 3.75. The Morgan fingerprint density at radius 2 is 2.00 bits per heavy atom. The highest BCUT2D eigenvalue weighted by molar-refractivity contribution is 6.34. The van der Waals surface area contributed by atoms with Gasteiger partial charge in [-0.05, 0) is 24.5 Å². The fourth-order valence-electron chi connectivity index (χ4n) is 1.51. The summed E-state index contributed by atoms with van der Waals surface area (Å²) in [6.07, 6.45) is 0.333. The second-order valence-corrected chi connectivity index (χ2v) is 5.21. The zero-order valence-corrected chi connectivity index (χ0v) is 12.0. The van der Waals surface area contributed by atoms with Gasteiger partial charge in [-0.1, -0.05) is 37.0 Å². The summed E-state index contributed by atoms with van der Waals surface area (Å²) in [6, 6.07) is 1.86. The molecule has 104 valence electrons. The van der Waals surface area contributed by atoms with Crippen LogP contribution in [-0.4, -0.2) is 28.0 Å². The van der Waals surface area contributed by atoms with Crippen LogP contribution in [0.4, 0.5) is 0 Å². The molecule has 0 fully saturated rings. The van der Waals surface area contributed by atoms with Gasteiger partial charge in [-0.2, -0.15) is 0 Å². The van der Waals surface area contributed by atoms with Gasteiger partial charge < -0.3 is 10.4 Å². The highest BCUT2D eigenvalue weighted by atomic mass is 35.5. The number of nitrogens with zero attached hydrogens (tertiary/aromatic N) is 1. The van der Waals surface area contributed by atoms with Crippen molar-refractivity contribution in [3.05, 3.63) is 28.0 Å². The summed E-state index contributed by atoms with van der Waals surface area (Å²) in [5.41, 5.74) is 0.0982. The van der Waals surface area contributed by atoms with Gasteiger partial charge in [0.25, 0.3) is 5.91 Å². The molecule has 0 saturated heterocycles. The Bertz CT molecular complexity index is 492. The van der Waals surface area contributed by atoms with Crippen molar-refractivity contribution in [1.82, 2.24) is 10.3 Å². The molecule has 1 rings (SSSR count). The Morgan fingerprint density at radius 1 is 1.37 bits per heavy atom. The topological polar surface area (TPSA) is 79.3 Å². The fourth-order valence-corrected chi connectivity index (χ4v) is 1.94. The highest BCUT2D eigenvalue weighted by Crippen LogP contribution is 2.17. The summed E-state index contributed by atoms with van der Waals surface area (Å²) in [4.78, 5) is 26.7. The van der Waals surface area contributed by atoms with Crippen LogP contribution in [0.25, 0.3) is 0 Å². The minimum Gasteiger partial charge on any atom is -0.480 e. The van der Waals surface area contributed by atoms with Crippen molar-refractivity contribution in [2.75, 3.05) is 0 Å². The molecule has 1 amide bonds. The van der Waals surface area contributed by atoms with E-state index in [1.54, 1.807) is 0 Å². The number of carbonyl (C=O) groups is 2. The predicted octanol–water partition coefficient (Wildman–Crippen LogP) is 2.62. The van der Waals surface area contributed by atoms with E-state index in [2.05, 4.69) is 10.3 Å². The third kappa shape index (κ3) is 4.69. The van der Waals surface area contributed by atoms with E-state index < -0.39 is 17.9 Å². The Labute approximate surface area is 120 Å². The van der Waals surface area contributed by atoms with Crippen LogP contribution in [0.2, 0.25) is 10.3 Å². The average molecular weight is 305 g/mol. The first-order valence-corrected chi connectivity index (χ1v) is 6.42. The standard InChI is InChI=1S/C12H14Cl2N2O3/c1-6(2)5-8(12(18)19)15-11(17)7-3-4-9(13)16-10(7)14/h3-4,6,8H,5H2,1-2H3,(H,15,17)(H,18,19)/t8-/m0/s1. The van der Waals surface area contributed by atoms with Gasteiger partial charge in [0.2, 0.25) is 0 Å². The molecule has 1 atom stereocenters. The number of amides is 1. The van der Waals surface area contributed by atoms with E-state index in [1.807, 2.05) is 13.8 Å². The van der Waals surface area contributed by atoms with Crippen molar-refractivity contribution in [2.24, 2.45) is 5.92 Å². The summed E-state index contributed by atoms with van der Waals surface area (Å²) >= 11 is 11.4. The van der Waals surface area contributed by atoms with E-state index in [0.29, 0.717) is 6.42 Å². The fraction of sp³-hybridized carbons (Fsp3) is 0.417. The molecule has 0 aliphatic rings. The molecule has 2 N–H and O–H groups in total. The van der Waals surface area contributed by atoms with Crippen LogP contribution in [0, 0.1) is 5.92 Å². The summed E-state index contributed by atoms with van der Waals surface area (Å²) < 4.78 is 0. The van der Waals surface area contributed by atoms with Crippen LogP contribution in [0.1, 0.15) is 30.6 Å². The Kier molecular flexibility index (Phi) is 5.57. The molecule has 0 aliphatic carbocycles. The molecule has 19 heavy (non-hydrogen) atoms.